The molecule has 24 heavy (non-hydrogen) atoms. The maximum atomic E-state index is 12.1. The molecule has 3 rings (SSSR count). The maximum Gasteiger partial charge on any atom is 0.264 e. The first-order valence-corrected chi connectivity index (χ1v) is 8.31. The highest BCUT2D eigenvalue weighted by molar-refractivity contribution is 7.19. The summed E-state index contributed by atoms with van der Waals surface area (Å²) < 4.78 is 5.55. The Hall–Kier alpha value is -2.73. The van der Waals surface area contributed by atoms with Crippen molar-refractivity contribution in [3.63, 3.8) is 0 Å². The molecule has 0 fully saturated rings. The van der Waals surface area contributed by atoms with E-state index in [2.05, 4.69) is 15.3 Å². The Morgan fingerprint density at radius 3 is 2.79 bits per heavy atom. The summed E-state index contributed by atoms with van der Waals surface area (Å²) in [6, 6.07) is 11.4. The number of carbonyl (C=O) groups excluding carboxylic acids is 1. The molecule has 0 aliphatic rings. The molecular formula is C18H17N3O2S. The molecule has 0 aliphatic carbocycles. The van der Waals surface area contributed by atoms with Gasteiger partial charge in [-0.15, -0.1) is 0 Å². The third kappa shape index (κ3) is 3.78. The van der Waals surface area contributed by atoms with Crippen LogP contribution in [0, 0.1) is 13.8 Å². The van der Waals surface area contributed by atoms with E-state index in [4.69, 9.17) is 4.74 Å². The normalized spacial score (nSPS) is 10.4. The predicted molar refractivity (Wildman–Crippen MR) is 95.4 cm³/mol. The highest BCUT2D eigenvalue weighted by atomic mass is 32.1. The van der Waals surface area contributed by atoms with Gasteiger partial charge in [-0.25, -0.2) is 4.98 Å². The number of ether oxygens (including phenoxy) is 1. The van der Waals surface area contributed by atoms with Gasteiger partial charge in [0, 0.05) is 18.0 Å². The number of aromatic nitrogens is 2. The van der Waals surface area contributed by atoms with Gasteiger partial charge in [0.2, 0.25) is 0 Å². The number of anilines is 1. The predicted octanol–water partition coefficient (Wildman–Crippen LogP) is 3.84. The second-order valence-electron chi connectivity index (χ2n) is 5.28. The molecule has 0 bridgehead atoms. The molecule has 1 aromatic carbocycles. The van der Waals surface area contributed by atoms with Crippen molar-refractivity contribution in [1.82, 2.24) is 9.97 Å². The number of nitrogens with one attached hydrogen (secondary N) is 1. The van der Waals surface area contributed by atoms with Gasteiger partial charge in [0.25, 0.3) is 5.91 Å². The van der Waals surface area contributed by atoms with Gasteiger partial charge >= 0.3 is 0 Å². The smallest absolute Gasteiger partial charge is 0.264 e. The van der Waals surface area contributed by atoms with E-state index in [0.717, 1.165) is 21.7 Å². The zero-order valence-electron chi connectivity index (χ0n) is 13.4. The summed E-state index contributed by atoms with van der Waals surface area (Å²) in [6.07, 6.45) is 3.51. The van der Waals surface area contributed by atoms with Gasteiger partial charge in [-0.1, -0.05) is 35.6 Å². The van der Waals surface area contributed by atoms with Crippen molar-refractivity contribution in [3.8, 4) is 16.2 Å². The summed E-state index contributed by atoms with van der Waals surface area (Å²) in [6.45, 7) is 3.81. The zero-order valence-corrected chi connectivity index (χ0v) is 14.3. The average molecular weight is 339 g/mol. The first kappa shape index (κ1) is 16.1. The molecule has 0 saturated carbocycles. The third-order valence-corrected chi connectivity index (χ3v) is 4.54. The van der Waals surface area contributed by atoms with E-state index in [0.29, 0.717) is 10.9 Å². The number of pyridine rings is 1. The Labute approximate surface area is 144 Å². The van der Waals surface area contributed by atoms with E-state index in [1.165, 1.54) is 11.3 Å². The quantitative estimate of drug-likeness (QED) is 0.767. The van der Waals surface area contributed by atoms with Crippen LogP contribution in [0.3, 0.4) is 0 Å². The standard InChI is InChI=1S/C18H17N3O2S/c1-12-6-3-4-8-15(12)23-11-16(22)21-18-20-13(2)17(24-18)14-7-5-9-19-10-14/h3-10H,11H2,1-2H3,(H,20,21,22). The number of amides is 1. The number of para-hydroxylation sites is 1. The Bertz CT molecular complexity index is 846. The van der Waals surface area contributed by atoms with Crippen molar-refractivity contribution in [2.45, 2.75) is 13.8 Å². The molecule has 0 radical (unpaired) electrons. The van der Waals surface area contributed by atoms with E-state index in [-0.39, 0.29) is 12.5 Å². The van der Waals surface area contributed by atoms with Gasteiger partial charge in [-0.3, -0.25) is 15.1 Å². The lowest BCUT2D eigenvalue weighted by Gasteiger charge is -2.07. The summed E-state index contributed by atoms with van der Waals surface area (Å²) in [5, 5.41) is 3.35. The second kappa shape index (κ2) is 7.23. The van der Waals surface area contributed by atoms with Crippen LogP contribution < -0.4 is 10.1 Å². The Kier molecular flexibility index (Phi) is 4.86. The number of aryl methyl sites for hydroxylation is 2. The molecule has 1 amide bonds. The van der Waals surface area contributed by atoms with Crippen molar-refractivity contribution in [2.75, 3.05) is 11.9 Å². The van der Waals surface area contributed by atoms with Crippen LogP contribution in [0.15, 0.2) is 48.8 Å². The summed E-state index contributed by atoms with van der Waals surface area (Å²) in [5.41, 5.74) is 2.85. The maximum absolute atomic E-state index is 12.1. The molecular weight excluding hydrogens is 322 g/mol. The molecule has 2 aromatic heterocycles. The molecule has 3 aromatic rings. The van der Waals surface area contributed by atoms with E-state index >= 15 is 0 Å². The van der Waals surface area contributed by atoms with Crippen LogP contribution in [0.2, 0.25) is 0 Å². The largest absolute Gasteiger partial charge is 0.483 e. The van der Waals surface area contributed by atoms with Crippen molar-refractivity contribution < 1.29 is 9.53 Å². The summed E-state index contributed by atoms with van der Waals surface area (Å²) in [7, 11) is 0. The monoisotopic (exact) mass is 339 g/mol. The lowest BCUT2D eigenvalue weighted by molar-refractivity contribution is -0.118. The van der Waals surface area contributed by atoms with E-state index in [1.54, 1.807) is 12.4 Å². The Morgan fingerprint density at radius 1 is 1.21 bits per heavy atom. The first-order valence-electron chi connectivity index (χ1n) is 7.49. The minimum Gasteiger partial charge on any atom is -0.483 e. The van der Waals surface area contributed by atoms with Gasteiger partial charge in [-0.2, -0.15) is 0 Å². The van der Waals surface area contributed by atoms with Gasteiger partial charge in [0.05, 0.1) is 10.6 Å². The number of carbonyl (C=O) groups is 1. The molecule has 1 N–H and O–H groups in total. The number of hydrogen-bond acceptors (Lipinski definition) is 5. The fourth-order valence-electron chi connectivity index (χ4n) is 2.23. The number of rotatable bonds is 5. The Balaban J connectivity index is 1.64. The topological polar surface area (TPSA) is 64.1 Å². The van der Waals surface area contributed by atoms with Crippen LogP contribution in [0.4, 0.5) is 5.13 Å². The van der Waals surface area contributed by atoms with Crippen molar-refractivity contribution in [3.05, 3.63) is 60.0 Å². The van der Waals surface area contributed by atoms with Gasteiger partial charge in [-0.05, 0) is 31.5 Å². The van der Waals surface area contributed by atoms with Crippen LogP contribution in [0.5, 0.6) is 5.75 Å². The molecule has 122 valence electrons. The van der Waals surface area contributed by atoms with Crippen LogP contribution in [-0.4, -0.2) is 22.5 Å². The molecule has 5 nitrogen and oxygen atoms in total. The van der Waals surface area contributed by atoms with Gasteiger partial charge in [0.1, 0.15) is 5.75 Å². The molecule has 0 aliphatic heterocycles. The summed E-state index contributed by atoms with van der Waals surface area (Å²) >= 11 is 1.43. The molecule has 6 heteroatoms. The molecule has 0 unspecified atom stereocenters. The SMILES string of the molecule is Cc1ccccc1OCC(=O)Nc1nc(C)c(-c2cccnc2)s1. The van der Waals surface area contributed by atoms with Gasteiger partial charge < -0.3 is 4.74 Å². The average Bonchev–Trinajstić information content (AvgIpc) is 2.95. The molecule has 0 spiro atoms. The number of thiazole rings is 1. The number of benzene rings is 1. The van der Waals surface area contributed by atoms with E-state index in [1.807, 2.05) is 50.2 Å². The van der Waals surface area contributed by atoms with Gasteiger partial charge in [0.15, 0.2) is 11.7 Å². The van der Waals surface area contributed by atoms with Crippen LogP contribution >= 0.6 is 11.3 Å². The third-order valence-electron chi connectivity index (χ3n) is 3.42. The molecule has 2 heterocycles. The van der Waals surface area contributed by atoms with Crippen LogP contribution in [-0.2, 0) is 4.79 Å². The van der Waals surface area contributed by atoms with Crippen molar-refractivity contribution in [2.24, 2.45) is 0 Å². The summed E-state index contributed by atoms with van der Waals surface area (Å²) in [5.74, 6) is 0.476. The van der Waals surface area contributed by atoms with Crippen molar-refractivity contribution >= 4 is 22.4 Å². The fourth-order valence-corrected chi connectivity index (χ4v) is 3.20. The zero-order chi connectivity index (χ0) is 16.9. The van der Waals surface area contributed by atoms with Crippen molar-refractivity contribution in [1.29, 1.82) is 0 Å². The molecule has 0 saturated heterocycles. The minimum atomic E-state index is -0.232. The minimum absolute atomic E-state index is 0.0499. The number of hydrogen-bond donors (Lipinski definition) is 1. The summed E-state index contributed by atoms with van der Waals surface area (Å²) in [4.78, 5) is 21.6. The van der Waals surface area contributed by atoms with Crippen LogP contribution in [0.1, 0.15) is 11.3 Å². The van der Waals surface area contributed by atoms with E-state index < -0.39 is 0 Å². The molecule has 0 atom stereocenters. The fraction of sp³-hybridized carbons (Fsp3) is 0.167. The Morgan fingerprint density at radius 2 is 2.04 bits per heavy atom. The lowest BCUT2D eigenvalue weighted by atomic mass is 10.2. The lowest BCUT2D eigenvalue weighted by Crippen LogP contribution is -2.20. The second-order valence-corrected chi connectivity index (χ2v) is 6.28. The van der Waals surface area contributed by atoms with E-state index in [9.17, 15) is 4.79 Å². The highest BCUT2D eigenvalue weighted by Crippen LogP contribution is 2.32. The highest BCUT2D eigenvalue weighted by Gasteiger charge is 2.12. The number of nitrogens with zero attached hydrogens (tertiary/aromatic N) is 2. The van der Waals surface area contributed by atoms with Crippen LogP contribution in [0.25, 0.3) is 10.4 Å². The first-order chi connectivity index (χ1) is 11.6.